The quantitative estimate of drug-likeness (QED) is 0.131. The van der Waals surface area contributed by atoms with Crippen LogP contribution < -0.4 is 0 Å². The maximum absolute atomic E-state index is 13.6. The zero-order valence-corrected chi connectivity index (χ0v) is 27.1. The van der Waals surface area contributed by atoms with E-state index >= 15 is 0 Å². The van der Waals surface area contributed by atoms with Crippen molar-refractivity contribution in [3.05, 3.63) is 155 Å². The third kappa shape index (κ3) is 8.50. The second-order valence-corrected chi connectivity index (χ2v) is 13.4. The van der Waals surface area contributed by atoms with Gasteiger partial charge in [0.25, 0.3) is 0 Å². The number of carbonyl (C=O) groups excluding carboxylic acids is 1. The fourth-order valence-corrected chi connectivity index (χ4v) is 6.79. The summed E-state index contributed by atoms with van der Waals surface area (Å²) < 4.78 is 32.3. The van der Waals surface area contributed by atoms with Crippen LogP contribution >= 0.6 is 11.6 Å². The molecule has 5 aromatic rings. The first-order chi connectivity index (χ1) is 22.2. The smallest absolute Gasteiger partial charge is 0.338 e. The predicted molar refractivity (Wildman–Crippen MR) is 182 cm³/mol. The van der Waals surface area contributed by atoms with Gasteiger partial charge in [-0.1, -0.05) is 90.5 Å². The van der Waals surface area contributed by atoms with E-state index in [0.29, 0.717) is 42.2 Å². The van der Waals surface area contributed by atoms with Crippen LogP contribution in [-0.2, 0) is 27.5 Å². The van der Waals surface area contributed by atoms with Crippen molar-refractivity contribution < 1.29 is 23.1 Å². The van der Waals surface area contributed by atoms with Crippen LogP contribution in [0.1, 0.15) is 40.1 Å². The minimum atomic E-state index is -3.79. The van der Waals surface area contributed by atoms with Gasteiger partial charge in [0.05, 0.1) is 28.1 Å². The summed E-state index contributed by atoms with van der Waals surface area (Å²) in [7, 11) is -3.79. The van der Waals surface area contributed by atoms with Crippen molar-refractivity contribution in [1.82, 2.24) is 4.90 Å². The standard InChI is InChI=1S/C38H36ClNO5S/c1-2-45-38(42)33-14-6-11-30(23-33)31-12-8-16-36(25-31)46(43,44)35-19-17-28(18-20-35)21-22-40(26-29-9-4-3-5-10-29)27-37(41)32-13-7-15-34(39)24-32/h3-20,23-25,37,41H,2,21-22,26-27H2,1H3/t37-/m0/s1. The number of ether oxygens (including phenoxy) is 1. The number of aliphatic hydroxyl groups is 1. The number of halogens is 1. The average Bonchev–Trinajstić information content (AvgIpc) is 3.08. The summed E-state index contributed by atoms with van der Waals surface area (Å²) in [6.45, 7) is 3.75. The Balaban J connectivity index is 1.29. The molecule has 0 saturated carbocycles. The number of hydrogen-bond acceptors (Lipinski definition) is 6. The average molecular weight is 654 g/mol. The van der Waals surface area contributed by atoms with E-state index in [1.807, 2.05) is 54.6 Å². The molecule has 1 atom stereocenters. The zero-order valence-electron chi connectivity index (χ0n) is 25.6. The molecule has 46 heavy (non-hydrogen) atoms. The number of hydrogen-bond donors (Lipinski definition) is 1. The van der Waals surface area contributed by atoms with Gasteiger partial charge in [0.1, 0.15) is 0 Å². The maximum atomic E-state index is 13.6. The minimum absolute atomic E-state index is 0.170. The minimum Gasteiger partial charge on any atom is -0.462 e. The molecule has 0 amide bonds. The SMILES string of the molecule is CCOC(=O)c1cccc(-c2cccc(S(=O)(=O)c3ccc(CCN(Cc4ccccc4)C[C@H](O)c4cccc(Cl)c4)cc3)c2)c1. The van der Waals surface area contributed by atoms with Crippen LogP contribution in [0.15, 0.2) is 137 Å². The largest absolute Gasteiger partial charge is 0.462 e. The first-order valence-electron chi connectivity index (χ1n) is 15.1. The fraction of sp³-hybridized carbons (Fsp3) is 0.184. The van der Waals surface area contributed by atoms with E-state index in [-0.39, 0.29) is 16.4 Å². The van der Waals surface area contributed by atoms with Gasteiger partial charge in [-0.25, -0.2) is 13.2 Å². The summed E-state index contributed by atoms with van der Waals surface area (Å²) in [4.78, 5) is 14.8. The molecule has 5 rings (SSSR count). The number of rotatable bonds is 13. The number of nitrogens with zero attached hydrogens (tertiary/aromatic N) is 1. The molecule has 0 saturated heterocycles. The summed E-state index contributed by atoms with van der Waals surface area (Å²) in [5, 5.41) is 11.6. The van der Waals surface area contributed by atoms with Crippen LogP contribution in [0.25, 0.3) is 11.1 Å². The Labute approximate surface area is 275 Å². The third-order valence-electron chi connectivity index (χ3n) is 7.72. The second kappa shape index (κ2) is 15.3. The van der Waals surface area contributed by atoms with E-state index in [0.717, 1.165) is 22.3 Å². The van der Waals surface area contributed by atoms with Crippen molar-refractivity contribution >= 4 is 27.4 Å². The Morgan fingerprint density at radius 3 is 2.20 bits per heavy atom. The highest BCUT2D eigenvalue weighted by Crippen LogP contribution is 2.28. The van der Waals surface area contributed by atoms with Crippen LogP contribution in [-0.4, -0.2) is 44.1 Å². The Morgan fingerprint density at radius 1 is 0.783 bits per heavy atom. The van der Waals surface area contributed by atoms with Gasteiger partial charge in [0.15, 0.2) is 0 Å². The van der Waals surface area contributed by atoms with E-state index in [2.05, 4.69) is 17.0 Å². The highest BCUT2D eigenvalue weighted by molar-refractivity contribution is 7.91. The predicted octanol–water partition coefficient (Wildman–Crippen LogP) is 7.79. The second-order valence-electron chi connectivity index (χ2n) is 11.0. The van der Waals surface area contributed by atoms with Crippen LogP contribution in [0.4, 0.5) is 0 Å². The molecular weight excluding hydrogens is 618 g/mol. The Bertz CT molecular complexity index is 1880. The van der Waals surface area contributed by atoms with Crippen molar-refractivity contribution in [3.8, 4) is 11.1 Å². The maximum Gasteiger partial charge on any atom is 0.338 e. The Kier molecular flexibility index (Phi) is 11.0. The van der Waals surface area contributed by atoms with Crippen molar-refractivity contribution in [2.24, 2.45) is 0 Å². The molecule has 0 fully saturated rings. The van der Waals surface area contributed by atoms with Gasteiger partial charge in [-0.15, -0.1) is 0 Å². The number of aliphatic hydroxyl groups excluding tert-OH is 1. The number of sulfone groups is 1. The lowest BCUT2D eigenvalue weighted by atomic mass is 10.0. The highest BCUT2D eigenvalue weighted by Gasteiger charge is 2.19. The molecule has 5 aromatic carbocycles. The third-order valence-corrected chi connectivity index (χ3v) is 9.72. The molecule has 0 unspecified atom stereocenters. The van der Waals surface area contributed by atoms with Gasteiger partial charge in [0, 0.05) is 24.7 Å². The molecule has 0 radical (unpaired) electrons. The van der Waals surface area contributed by atoms with Gasteiger partial charge in [-0.05, 0) is 89.7 Å². The van der Waals surface area contributed by atoms with E-state index in [9.17, 15) is 18.3 Å². The van der Waals surface area contributed by atoms with Crippen molar-refractivity contribution in [2.45, 2.75) is 35.8 Å². The van der Waals surface area contributed by atoms with Gasteiger partial charge < -0.3 is 9.84 Å². The molecule has 0 aromatic heterocycles. The van der Waals surface area contributed by atoms with Crippen molar-refractivity contribution in [3.63, 3.8) is 0 Å². The molecule has 0 aliphatic heterocycles. The summed E-state index contributed by atoms with van der Waals surface area (Å²) >= 11 is 6.16. The van der Waals surface area contributed by atoms with Crippen molar-refractivity contribution in [2.75, 3.05) is 19.7 Å². The first-order valence-corrected chi connectivity index (χ1v) is 17.0. The van der Waals surface area contributed by atoms with Gasteiger partial charge in [-0.3, -0.25) is 4.90 Å². The van der Waals surface area contributed by atoms with Gasteiger partial charge in [0.2, 0.25) is 9.84 Å². The van der Waals surface area contributed by atoms with E-state index < -0.39 is 21.9 Å². The molecular formula is C38H36ClNO5S. The summed E-state index contributed by atoms with van der Waals surface area (Å²) in [6, 6.07) is 38.0. The Hall–Kier alpha value is -4.27. The molecule has 0 aliphatic carbocycles. The normalized spacial score (nSPS) is 12.2. The topological polar surface area (TPSA) is 83.9 Å². The van der Waals surface area contributed by atoms with Gasteiger partial charge in [-0.2, -0.15) is 0 Å². The van der Waals surface area contributed by atoms with Crippen LogP contribution in [0, 0.1) is 0 Å². The molecule has 8 heteroatoms. The number of esters is 1. The zero-order chi connectivity index (χ0) is 32.5. The molecule has 1 N–H and O–H groups in total. The van der Waals surface area contributed by atoms with Gasteiger partial charge >= 0.3 is 5.97 Å². The van der Waals surface area contributed by atoms with E-state index in [1.54, 1.807) is 67.6 Å². The highest BCUT2D eigenvalue weighted by atomic mass is 35.5. The molecule has 0 bridgehead atoms. The molecule has 6 nitrogen and oxygen atoms in total. The monoisotopic (exact) mass is 653 g/mol. The van der Waals surface area contributed by atoms with Crippen LogP contribution in [0.5, 0.6) is 0 Å². The lowest BCUT2D eigenvalue weighted by Crippen LogP contribution is -2.30. The fourth-order valence-electron chi connectivity index (χ4n) is 5.28. The van der Waals surface area contributed by atoms with Crippen molar-refractivity contribution in [1.29, 1.82) is 0 Å². The lowest BCUT2D eigenvalue weighted by molar-refractivity contribution is 0.0526. The summed E-state index contributed by atoms with van der Waals surface area (Å²) in [5.41, 5.74) is 4.69. The number of benzene rings is 5. The lowest BCUT2D eigenvalue weighted by Gasteiger charge is -2.25. The molecule has 236 valence electrons. The molecule has 0 aliphatic rings. The van der Waals surface area contributed by atoms with E-state index in [4.69, 9.17) is 16.3 Å². The van der Waals surface area contributed by atoms with E-state index in [1.165, 1.54) is 0 Å². The summed E-state index contributed by atoms with van der Waals surface area (Å²) in [6.07, 6.45) is -0.0415. The van der Waals surface area contributed by atoms with Crippen LogP contribution in [0.2, 0.25) is 5.02 Å². The van der Waals surface area contributed by atoms with Crippen LogP contribution in [0.3, 0.4) is 0 Å². The Morgan fingerprint density at radius 2 is 1.48 bits per heavy atom. The summed E-state index contributed by atoms with van der Waals surface area (Å²) in [5.74, 6) is -0.423. The molecule has 0 spiro atoms. The molecule has 0 heterocycles. The number of carbonyl (C=O) groups is 1. The first kappa shape index (κ1) is 33.1.